The lowest BCUT2D eigenvalue weighted by Gasteiger charge is -2.30. The van der Waals surface area contributed by atoms with Crippen LogP contribution in [0.1, 0.15) is 5.56 Å². The van der Waals surface area contributed by atoms with E-state index in [4.69, 9.17) is 21.3 Å². The molecule has 4 aromatic rings. The van der Waals surface area contributed by atoms with Gasteiger partial charge in [-0.1, -0.05) is 54.1 Å². The fraction of sp³-hybridized carbons (Fsp3) is 0.0833. The summed E-state index contributed by atoms with van der Waals surface area (Å²) in [5.41, 5.74) is 4.63. The molecule has 0 saturated heterocycles. The minimum absolute atomic E-state index is 0.0295. The van der Waals surface area contributed by atoms with Gasteiger partial charge in [0.2, 0.25) is 0 Å². The number of rotatable bonds is 4. The quantitative estimate of drug-likeness (QED) is 0.394. The number of carbonyl (C=O) groups excluding carboxylic acids is 1. The molecule has 0 spiro atoms. The second kappa shape index (κ2) is 7.94. The molecule has 0 aliphatic carbocycles. The van der Waals surface area contributed by atoms with Crippen molar-refractivity contribution >= 4 is 34.5 Å². The van der Waals surface area contributed by atoms with Gasteiger partial charge in [-0.3, -0.25) is 4.79 Å². The van der Waals surface area contributed by atoms with Crippen LogP contribution in [0.25, 0.3) is 21.8 Å². The standard InChI is InChI=1S/C24H17ClN2O2S/c25-19-8-4-5-16(11-19)13-27-21-12-18(9-10-22(21)29-14-23(27)28)20-15-30-24(26-20)17-6-2-1-3-7-17/h1-12,15H,13-14H2. The third kappa shape index (κ3) is 3.70. The molecule has 4 nitrogen and oxygen atoms in total. The lowest BCUT2D eigenvalue weighted by Crippen LogP contribution is -2.38. The summed E-state index contributed by atoms with van der Waals surface area (Å²) in [7, 11) is 0. The summed E-state index contributed by atoms with van der Waals surface area (Å²) in [6.07, 6.45) is 0. The maximum absolute atomic E-state index is 12.6. The number of benzene rings is 3. The van der Waals surface area contributed by atoms with Crippen LogP contribution in [0.15, 0.2) is 78.2 Å². The largest absolute Gasteiger partial charge is 0.482 e. The normalized spacial score (nSPS) is 13.1. The highest BCUT2D eigenvalue weighted by molar-refractivity contribution is 7.13. The summed E-state index contributed by atoms with van der Waals surface area (Å²) < 4.78 is 5.66. The second-order valence-electron chi connectivity index (χ2n) is 6.98. The van der Waals surface area contributed by atoms with E-state index in [0.717, 1.165) is 33.1 Å². The molecule has 5 rings (SSSR count). The van der Waals surface area contributed by atoms with Gasteiger partial charge in [0.05, 0.1) is 17.9 Å². The molecule has 1 amide bonds. The fourth-order valence-electron chi connectivity index (χ4n) is 3.47. The van der Waals surface area contributed by atoms with Gasteiger partial charge in [-0.25, -0.2) is 4.98 Å². The van der Waals surface area contributed by atoms with Gasteiger partial charge in [-0.2, -0.15) is 0 Å². The van der Waals surface area contributed by atoms with Crippen molar-refractivity contribution in [3.8, 4) is 27.6 Å². The Bertz CT molecular complexity index is 1220. The van der Waals surface area contributed by atoms with E-state index in [1.807, 2.05) is 66.0 Å². The molecule has 1 aromatic heterocycles. The van der Waals surface area contributed by atoms with Gasteiger partial charge in [-0.15, -0.1) is 11.3 Å². The molecule has 3 aromatic carbocycles. The molecule has 0 atom stereocenters. The average molecular weight is 433 g/mol. The van der Waals surface area contributed by atoms with Crippen molar-refractivity contribution in [2.45, 2.75) is 6.54 Å². The number of nitrogens with zero attached hydrogens (tertiary/aromatic N) is 2. The zero-order valence-electron chi connectivity index (χ0n) is 15.9. The van der Waals surface area contributed by atoms with Crippen LogP contribution in [0.4, 0.5) is 5.69 Å². The number of thiazole rings is 1. The minimum atomic E-state index is -0.0807. The number of amides is 1. The molecule has 0 radical (unpaired) electrons. The monoisotopic (exact) mass is 432 g/mol. The van der Waals surface area contributed by atoms with Crippen LogP contribution in [-0.2, 0) is 11.3 Å². The average Bonchev–Trinajstić information content (AvgIpc) is 3.26. The molecule has 0 fully saturated rings. The zero-order valence-corrected chi connectivity index (χ0v) is 17.5. The number of halogens is 1. The molecule has 0 N–H and O–H groups in total. The van der Waals surface area contributed by atoms with Crippen LogP contribution >= 0.6 is 22.9 Å². The number of fused-ring (bicyclic) bond motifs is 1. The Morgan fingerprint density at radius 1 is 1.00 bits per heavy atom. The number of aromatic nitrogens is 1. The molecule has 0 saturated carbocycles. The highest BCUT2D eigenvalue weighted by Gasteiger charge is 2.26. The maximum atomic E-state index is 12.6. The van der Waals surface area contributed by atoms with E-state index in [9.17, 15) is 4.79 Å². The van der Waals surface area contributed by atoms with Crippen molar-refractivity contribution in [2.24, 2.45) is 0 Å². The van der Waals surface area contributed by atoms with E-state index < -0.39 is 0 Å². The van der Waals surface area contributed by atoms with Gasteiger partial charge in [0.25, 0.3) is 5.91 Å². The Kier molecular flexibility index (Phi) is 4.99. The Labute approximate surface area is 183 Å². The van der Waals surface area contributed by atoms with Crippen molar-refractivity contribution in [2.75, 3.05) is 11.5 Å². The number of anilines is 1. The fourth-order valence-corrected chi connectivity index (χ4v) is 4.52. The summed E-state index contributed by atoms with van der Waals surface area (Å²) in [5, 5.41) is 3.65. The molecule has 1 aliphatic rings. The first-order valence-corrected chi connectivity index (χ1v) is 10.8. The zero-order chi connectivity index (χ0) is 20.5. The summed E-state index contributed by atoms with van der Waals surface area (Å²) in [6, 6.07) is 23.5. The van der Waals surface area contributed by atoms with Crippen LogP contribution in [0.2, 0.25) is 5.02 Å². The second-order valence-corrected chi connectivity index (χ2v) is 8.28. The number of carbonyl (C=O) groups is 1. The first kappa shape index (κ1) is 18.9. The molecule has 0 unspecified atom stereocenters. The van der Waals surface area contributed by atoms with E-state index in [1.165, 1.54) is 0 Å². The summed E-state index contributed by atoms with van der Waals surface area (Å²) in [6.45, 7) is 0.466. The molecule has 2 heterocycles. The third-order valence-electron chi connectivity index (χ3n) is 4.95. The van der Waals surface area contributed by atoms with Crippen molar-refractivity contribution < 1.29 is 9.53 Å². The maximum Gasteiger partial charge on any atom is 0.265 e. The van der Waals surface area contributed by atoms with Crippen LogP contribution in [0, 0.1) is 0 Å². The molecular formula is C24H17ClN2O2S. The predicted octanol–water partition coefficient (Wildman–Crippen LogP) is 6.06. The molecule has 0 bridgehead atoms. The smallest absolute Gasteiger partial charge is 0.265 e. The lowest BCUT2D eigenvalue weighted by atomic mass is 10.1. The summed E-state index contributed by atoms with van der Waals surface area (Å²) >= 11 is 7.72. The third-order valence-corrected chi connectivity index (χ3v) is 6.08. The lowest BCUT2D eigenvalue weighted by molar-refractivity contribution is -0.121. The van der Waals surface area contributed by atoms with Gasteiger partial charge >= 0.3 is 0 Å². The SMILES string of the molecule is O=C1COc2ccc(-c3csc(-c4ccccc4)n3)cc2N1Cc1cccc(Cl)c1. The van der Waals surface area contributed by atoms with E-state index in [2.05, 4.69) is 12.1 Å². The Hall–Kier alpha value is -3.15. The number of hydrogen-bond donors (Lipinski definition) is 0. The van der Waals surface area contributed by atoms with Crippen molar-refractivity contribution in [3.63, 3.8) is 0 Å². The van der Waals surface area contributed by atoms with E-state index in [0.29, 0.717) is 17.3 Å². The van der Waals surface area contributed by atoms with Crippen LogP contribution in [-0.4, -0.2) is 17.5 Å². The van der Waals surface area contributed by atoms with Gasteiger partial charge in [0.15, 0.2) is 6.61 Å². The van der Waals surface area contributed by atoms with Gasteiger partial charge in [0, 0.05) is 21.5 Å². The van der Waals surface area contributed by atoms with Gasteiger partial charge < -0.3 is 9.64 Å². The first-order chi connectivity index (χ1) is 14.7. The Morgan fingerprint density at radius 2 is 1.87 bits per heavy atom. The molecule has 30 heavy (non-hydrogen) atoms. The van der Waals surface area contributed by atoms with Crippen LogP contribution in [0.3, 0.4) is 0 Å². The molecule has 148 valence electrons. The Morgan fingerprint density at radius 3 is 2.70 bits per heavy atom. The Balaban J connectivity index is 1.49. The van der Waals surface area contributed by atoms with Crippen LogP contribution < -0.4 is 9.64 Å². The molecular weight excluding hydrogens is 416 g/mol. The van der Waals surface area contributed by atoms with E-state index in [-0.39, 0.29) is 12.5 Å². The highest BCUT2D eigenvalue weighted by atomic mass is 35.5. The predicted molar refractivity (Wildman–Crippen MR) is 121 cm³/mol. The molecule has 1 aliphatic heterocycles. The van der Waals surface area contributed by atoms with Gasteiger partial charge in [0.1, 0.15) is 10.8 Å². The van der Waals surface area contributed by atoms with Gasteiger partial charge in [-0.05, 0) is 35.9 Å². The number of hydrogen-bond acceptors (Lipinski definition) is 4. The van der Waals surface area contributed by atoms with E-state index in [1.54, 1.807) is 16.2 Å². The summed E-state index contributed by atoms with van der Waals surface area (Å²) in [4.78, 5) is 19.2. The number of ether oxygens (including phenoxy) is 1. The van der Waals surface area contributed by atoms with Crippen molar-refractivity contribution in [3.05, 3.63) is 88.8 Å². The van der Waals surface area contributed by atoms with E-state index >= 15 is 0 Å². The summed E-state index contributed by atoms with van der Waals surface area (Å²) in [5.74, 6) is 0.613. The minimum Gasteiger partial charge on any atom is -0.482 e. The van der Waals surface area contributed by atoms with Crippen molar-refractivity contribution in [1.82, 2.24) is 4.98 Å². The van der Waals surface area contributed by atoms with Crippen molar-refractivity contribution in [1.29, 1.82) is 0 Å². The first-order valence-electron chi connectivity index (χ1n) is 9.50. The highest BCUT2D eigenvalue weighted by Crippen LogP contribution is 2.38. The van der Waals surface area contributed by atoms with Crippen LogP contribution in [0.5, 0.6) is 5.75 Å². The topological polar surface area (TPSA) is 42.4 Å². The molecule has 6 heteroatoms.